The zero-order chi connectivity index (χ0) is 32.1. The molecule has 2 amide bonds. The van der Waals surface area contributed by atoms with Crippen LogP contribution in [0.1, 0.15) is 95.0 Å². The lowest BCUT2D eigenvalue weighted by Crippen LogP contribution is -2.64. The van der Waals surface area contributed by atoms with Crippen molar-refractivity contribution < 1.29 is 28.9 Å². The molecule has 0 radical (unpaired) electrons. The Morgan fingerprint density at radius 3 is 2.14 bits per heavy atom. The number of halogens is 1. The number of rotatable bonds is 6. The number of H-pyrrole nitrogens is 1. The van der Waals surface area contributed by atoms with Gasteiger partial charge in [-0.05, 0) is 82.1 Å². The van der Waals surface area contributed by atoms with Gasteiger partial charge in [-0.25, -0.2) is 9.37 Å². The Morgan fingerprint density at radius 1 is 1.00 bits per heavy atom. The first-order chi connectivity index (χ1) is 20.6. The number of carbonyl (C=O) groups excluding carboxylic acids is 3. The molecular formula is C34H45FN5O4+. The highest BCUT2D eigenvalue weighted by Crippen LogP contribution is 2.58. The van der Waals surface area contributed by atoms with Crippen molar-refractivity contribution in [1.82, 2.24) is 19.8 Å². The molecule has 2 aromatic rings. The van der Waals surface area contributed by atoms with E-state index in [1.165, 1.54) is 19.2 Å². The van der Waals surface area contributed by atoms with Gasteiger partial charge in [-0.15, -0.1) is 0 Å². The summed E-state index contributed by atoms with van der Waals surface area (Å²) in [7, 11) is 1.44. The number of allylic oxidation sites excluding steroid dienone is 2. The van der Waals surface area contributed by atoms with E-state index in [-0.39, 0.29) is 29.0 Å². The molecule has 1 aromatic heterocycles. The Bertz CT molecular complexity index is 1480. The molecule has 4 aliphatic rings. The van der Waals surface area contributed by atoms with Crippen LogP contribution in [0.5, 0.6) is 0 Å². The second-order valence-electron chi connectivity index (χ2n) is 14.5. The van der Waals surface area contributed by atoms with E-state index in [1.807, 2.05) is 50.5 Å². The molecule has 1 aromatic carbocycles. The summed E-state index contributed by atoms with van der Waals surface area (Å²) in [5.41, 5.74) is 0.499. The van der Waals surface area contributed by atoms with Gasteiger partial charge >= 0.3 is 5.97 Å². The van der Waals surface area contributed by atoms with E-state index >= 15 is 0 Å². The summed E-state index contributed by atoms with van der Waals surface area (Å²) in [6, 6.07) is 5.99. The van der Waals surface area contributed by atoms with Crippen molar-refractivity contribution in [3.05, 3.63) is 59.4 Å². The maximum Gasteiger partial charge on any atom is 0.311 e. The van der Waals surface area contributed by atoms with Crippen molar-refractivity contribution in [3.8, 4) is 0 Å². The average Bonchev–Trinajstić information content (AvgIpc) is 3.48. The van der Waals surface area contributed by atoms with Gasteiger partial charge in [-0.1, -0.05) is 20.8 Å². The summed E-state index contributed by atoms with van der Waals surface area (Å²) >= 11 is 0. The number of hydrogen-bond acceptors (Lipinski definition) is 5. The number of imidazole rings is 1. The van der Waals surface area contributed by atoms with Crippen LogP contribution in [0.15, 0.2) is 36.5 Å². The molecule has 9 nitrogen and oxygen atoms in total. The first-order valence-corrected chi connectivity index (χ1v) is 15.5. The zero-order valence-corrected chi connectivity index (χ0v) is 26.8. The van der Waals surface area contributed by atoms with Gasteiger partial charge in [-0.2, -0.15) is 0 Å². The van der Waals surface area contributed by atoms with Crippen LogP contribution in [0.4, 0.5) is 4.39 Å². The summed E-state index contributed by atoms with van der Waals surface area (Å²) in [5.74, 6) is 0.0242. The minimum absolute atomic E-state index is 0.145. The highest BCUT2D eigenvalue weighted by atomic mass is 19.1. The summed E-state index contributed by atoms with van der Waals surface area (Å²) < 4.78 is 18.5. The number of benzene rings is 1. The van der Waals surface area contributed by atoms with Gasteiger partial charge in [0.2, 0.25) is 11.6 Å². The second kappa shape index (κ2) is 11.3. The maximum atomic E-state index is 13.9. The number of ether oxygens (including phenoxy) is 1. The average molecular weight is 607 g/mol. The van der Waals surface area contributed by atoms with Gasteiger partial charge in [0.1, 0.15) is 17.3 Å². The van der Waals surface area contributed by atoms with E-state index in [0.29, 0.717) is 81.0 Å². The minimum atomic E-state index is -0.602. The third-order valence-corrected chi connectivity index (χ3v) is 10.1. The number of carbonyl (C=O) groups is 3. The SMILES string of the molecule is COC(=O)C12CCC(C(=O)N3CCN(C(=O)c4cnc(/C(=C\C(=[NH2+])c5ccc(F)cc5)C(C)(C)C)[nH]4)C(C)(C)C3)(CC1)CC2. The Morgan fingerprint density at radius 2 is 1.59 bits per heavy atom. The van der Waals surface area contributed by atoms with Gasteiger partial charge < -0.3 is 19.5 Å². The number of nitrogens with two attached hydrogens (primary N) is 1. The highest BCUT2D eigenvalue weighted by molar-refractivity contribution is 6.08. The van der Waals surface area contributed by atoms with Crippen LogP contribution in [0.3, 0.4) is 0 Å². The van der Waals surface area contributed by atoms with Crippen molar-refractivity contribution in [2.45, 2.75) is 78.7 Å². The molecule has 2 bridgehead atoms. The van der Waals surface area contributed by atoms with Gasteiger partial charge in [0, 0.05) is 42.3 Å². The van der Waals surface area contributed by atoms with Crippen molar-refractivity contribution in [3.63, 3.8) is 0 Å². The highest BCUT2D eigenvalue weighted by Gasteiger charge is 2.57. The number of aromatic amines is 1. The van der Waals surface area contributed by atoms with E-state index in [4.69, 9.17) is 10.1 Å². The molecule has 3 saturated carbocycles. The summed E-state index contributed by atoms with van der Waals surface area (Å²) in [4.78, 5) is 51.7. The Labute approximate surface area is 258 Å². The van der Waals surface area contributed by atoms with Crippen LogP contribution in [0.2, 0.25) is 0 Å². The number of esters is 1. The van der Waals surface area contributed by atoms with Gasteiger partial charge in [0.15, 0.2) is 0 Å². The molecule has 2 heterocycles. The fourth-order valence-electron chi connectivity index (χ4n) is 7.30. The minimum Gasteiger partial charge on any atom is -0.469 e. The molecule has 10 heteroatoms. The number of fused-ring (bicyclic) bond motifs is 3. The summed E-state index contributed by atoms with van der Waals surface area (Å²) in [6.07, 6.45) is 7.53. The predicted molar refractivity (Wildman–Crippen MR) is 165 cm³/mol. The number of hydrogen-bond donors (Lipinski definition) is 2. The summed E-state index contributed by atoms with van der Waals surface area (Å²) in [5, 5.41) is 6.39. The Balaban J connectivity index is 1.29. The molecule has 0 unspecified atom stereocenters. The van der Waals surface area contributed by atoms with Crippen molar-refractivity contribution in [1.29, 1.82) is 0 Å². The number of nitrogens with zero attached hydrogens (tertiary/aromatic N) is 3. The fraction of sp³-hybridized carbons (Fsp3) is 0.559. The molecule has 1 aliphatic heterocycles. The molecule has 44 heavy (non-hydrogen) atoms. The number of nitrogens with one attached hydrogen (secondary N) is 1. The van der Waals surface area contributed by atoms with Gasteiger partial charge in [-0.3, -0.25) is 19.8 Å². The van der Waals surface area contributed by atoms with Crippen LogP contribution in [0, 0.1) is 22.1 Å². The Hall–Kier alpha value is -3.82. The monoisotopic (exact) mass is 606 g/mol. The molecule has 1 saturated heterocycles. The molecule has 236 valence electrons. The number of amides is 2. The Kier molecular flexibility index (Phi) is 8.10. The molecule has 0 spiro atoms. The first kappa shape index (κ1) is 31.6. The van der Waals surface area contributed by atoms with Crippen LogP contribution in [-0.2, 0) is 14.3 Å². The van der Waals surface area contributed by atoms with E-state index in [1.54, 1.807) is 18.3 Å². The van der Waals surface area contributed by atoms with Gasteiger partial charge in [0.05, 0.1) is 24.3 Å². The molecular weight excluding hydrogens is 561 g/mol. The lowest BCUT2D eigenvalue weighted by Gasteiger charge is -2.54. The standard InChI is InChI=1S/C34H44FN5O4/c1-31(2,3)24(19-25(36)22-7-9-23(35)10-8-22)27-37-20-26(38-27)28(41)40-18-17-39(21-32(40,4)5)29(42)33-11-14-34(15-12-33,16-13-33)30(43)44-6/h7-10,19-20,36H,11-18,21H2,1-6H3,(H,37,38)/p+1/b24-19+,36-25?. The zero-order valence-electron chi connectivity index (χ0n) is 26.8. The number of piperazine rings is 1. The fourth-order valence-corrected chi connectivity index (χ4v) is 7.30. The third-order valence-electron chi connectivity index (χ3n) is 10.1. The van der Waals surface area contributed by atoms with E-state index in [0.717, 1.165) is 5.57 Å². The third kappa shape index (κ3) is 5.71. The summed E-state index contributed by atoms with van der Waals surface area (Å²) in [6.45, 7) is 11.4. The smallest absolute Gasteiger partial charge is 0.311 e. The lowest BCUT2D eigenvalue weighted by molar-refractivity contribution is -0.171. The van der Waals surface area contributed by atoms with Crippen LogP contribution >= 0.6 is 0 Å². The molecule has 3 aliphatic carbocycles. The van der Waals surface area contributed by atoms with Crippen molar-refractivity contribution in [2.75, 3.05) is 26.7 Å². The first-order valence-electron chi connectivity index (χ1n) is 15.5. The number of aromatic nitrogens is 2. The van der Waals surface area contributed by atoms with E-state index in [2.05, 4.69) is 9.97 Å². The second-order valence-corrected chi connectivity index (χ2v) is 14.5. The molecule has 0 atom stereocenters. The van der Waals surface area contributed by atoms with E-state index < -0.39 is 16.4 Å². The molecule has 3 N–H and O–H groups in total. The van der Waals surface area contributed by atoms with Crippen molar-refractivity contribution in [2.24, 2.45) is 16.2 Å². The topological polar surface area (TPSA) is 121 Å². The van der Waals surface area contributed by atoms with Gasteiger partial charge in [0.25, 0.3) is 5.91 Å². The van der Waals surface area contributed by atoms with Crippen LogP contribution in [-0.4, -0.2) is 75.5 Å². The lowest BCUT2D eigenvalue weighted by atomic mass is 9.53. The quantitative estimate of drug-likeness (QED) is 0.383. The molecule has 4 fully saturated rings. The number of methoxy groups -OCH3 is 1. The van der Waals surface area contributed by atoms with Crippen LogP contribution in [0.25, 0.3) is 5.57 Å². The molecule has 6 rings (SSSR count). The maximum absolute atomic E-state index is 13.9. The normalized spacial score (nSPS) is 25.1. The van der Waals surface area contributed by atoms with Crippen molar-refractivity contribution >= 4 is 29.1 Å². The van der Waals surface area contributed by atoms with Crippen LogP contribution < -0.4 is 5.41 Å². The largest absolute Gasteiger partial charge is 0.469 e. The predicted octanol–water partition coefficient (Wildman–Crippen LogP) is 3.80. The van der Waals surface area contributed by atoms with E-state index in [9.17, 15) is 18.8 Å².